The van der Waals surface area contributed by atoms with Crippen LogP contribution >= 0.6 is 11.8 Å². The van der Waals surface area contributed by atoms with Gasteiger partial charge in [0.25, 0.3) is 0 Å². The first-order valence-corrected chi connectivity index (χ1v) is 11.6. The molecule has 0 saturated carbocycles. The lowest BCUT2D eigenvalue weighted by atomic mass is 10.1. The second kappa shape index (κ2) is 14.0. The minimum absolute atomic E-state index is 0.460. The van der Waals surface area contributed by atoms with Crippen LogP contribution in [0.2, 0.25) is 0 Å². The fraction of sp³-hybridized carbons (Fsp3) is 0.727. The van der Waals surface area contributed by atoms with E-state index in [0.29, 0.717) is 11.5 Å². The van der Waals surface area contributed by atoms with Crippen molar-refractivity contribution in [2.75, 3.05) is 23.9 Å². The van der Waals surface area contributed by atoms with Crippen LogP contribution < -0.4 is 10.1 Å². The van der Waals surface area contributed by atoms with Crippen LogP contribution in [0.15, 0.2) is 18.2 Å². The number of hydrogen-bond acceptors (Lipinski definition) is 3. The van der Waals surface area contributed by atoms with Crippen molar-refractivity contribution in [3.05, 3.63) is 23.8 Å². The van der Waals surface area contributed by atoms with Crippen molar-refractivity contribution in [2.24, 2.45) is 0 Å². The Bertz CT molecular complexity index is 537. The van der Waals surface area contributed by atoms with Crippen molar-refractivity contribution < 1.29 is 17.9 Å². The topological polar surface area (TPSA) is 21.3 Å². The molecule has 0 radical (unpaired) electrons. The smallest absolute Gasteiger partial charge is 0.391 e. The highest BCUT2D eigenvalue weighted by atomic mass is 32.2. The number of alkyl halides is 3. The molecule has 2 nitrogen and oxygen atoms in total. The van der Waals surface area contributed by atoms with Crippen LogP contribution in [0, 0.1) is 6.92 Å². The molecular weight excluding hydrogens is 383 g/mol. The van der Waals surface area contributed by atoms with Gasteiger partial charge in [0.15, 0.2) is 0 Å². The van der Waals surface area contributed by atoms with E-state index in [4.69, 9.17) is 4.74 Å². The van der Waals surface area contributed by atoms with Gasteiger partial charge in [-0.1, -0.05) is 51.9 Å². The average molecular weight is 420 g/mol. The van der Waals surface area contributed by atoms with Gasteiger partial charge in [-0.25, -0.2) is 0 Å². The van der Waals surface area contributed by atoms with Gasteiger partial charge in [-0.2, -0.15) is 24.9 Å². The highest BCUT2D eigenvalue weighted by Gasteiger charge is 2.32. The molecule has 1 rings (SSSR count). The van der Waals surface area contributed by atoms with E-state index >= 15 is 0 Å². The molecule has 0 heterocycles. The molecule has 1 atom stereocenters. The van der Waals surface area contributed by atoms with Crippen LogP contribution in [-0.4, -0.2) is 30.8 Å². The maximum absolute atomic E-state index is 13.0. The normalized spacial score (nSPS) is 12.8. The quantitative estimate of drug-likeness (QED) is 0.296. The molecule has 0 aromatic heterocycles. The third-order valence-electron chi connectivity index (χ3n) is 4.73. The van der Waals surface area contributed by atoms with Gasteiger partial charge in [-0.15, -0.1) is 0 Å². The minimum Gasteiger partial charge on any atom is -0.497 e. The van der Waals surface area contributed by atoms with E-state index < -0.39 is 18.6 Å². The number of unbranched alkanes of at least 4 members (excludes halogenated alkanes) is 7. The molecule has 0 saturated heterocycles. The molecule has 0 amide bonds. The van der Waals surface area contributed by atoms with Crippen molar-refractivity contribution in [2.45, 2.75) is 83.9 Å². The molecule has 1 aromatic rings. The number of benzene rings is 1. The van der Waals surface area contributed by atoms with Crippen LogP contribution in [-0.2, 0) is 0 Å². The van der Waals surface area contributed by atoms with Gasteiger partial charge in [0.1, 0.15) is 5.75 Å². The number of nitrogens with one attached hydrogen (secondary N) is 1. The van der Waals surface area contributed by atoms with Gasteiger partial charge in [0.05, 0.1) is 13.5 Å². The Morgan fingerprint density at radius 1 is 1.04 bits per heavy atom. The van der Waals surface area contributed by atoms with Crippen molar-refractivity contribution in [3.8, 4) is 5.75 Å². The number of aryl methyl sites for hydroxylation is 1. The van der Waals surface area contributed by atoms with Crippen LogP contribution in [0.4, 0.5) is 18.9 Å². The fourth-order valence-corrected chi connectivity index (χ4v) is 4.20. The Morgan fingerprint density at radius 2 is 1.68 bits per heavy atom. The van der Waals surface area contributed by atoms with Crippen molar-refractivity contribution in [1.29, 1.82) is 0 Å². The van der Waals surface area contributed by atoms with E-state index in [2.05, 4.69) is 12.2 Å². The zero-order chi connectivity index (χ0) is 20.8. The number of hydrogen-bond donors (Lipinski definition) is 1. The Morgan fingerprint density at radius 3 is 2.25 bits per heavy atom. The number of halogens is 3. The van der Waals surface area contributed by atoms with Gasteiger partial charge in [-0.05, 0) is 42.9 Å². The summed E-state index contributed by atoms with van der Waals surface area (Å²) in [5, 5.41) is 3.09. The minimum atomic E-state index is -4.17. The molecular formula is C22H36F3NOS. The van der Waals surface area contributed by atoms with Gasteiger partial charge in [0.2, 0.25) is 0 Å². The third-order valence-corrected chi connectivity index (χ3v) is 5.95. The lowest BCUT2D eigenvalue weighted by Crippen LogP contribution is -2.29. The van der Waals surface area contributed by atoms with E-state index in [0.717, 1.165) is 23.4 Å². The fourth-order valence-electron chi connectivity index (χ4n) is 3.14. The molecule has 0 spiro atoms. The molecule has 0 aliphatic heterocycles. The summed E-state index contributed by atoms with van der Waals surface area (Å²) in [4.78, 5) is 0. The molecule has 162 valence electrons. The number of ether oxygens (including phenoxy) is 1. The van der Waals surface area contributed by atoms with Gasteiger partial charge in [0, 0.05) is 17.5 Å². The van der Waals surface area contributed by atoms with E-state index in [1.807, 2.05) is 13.0 Å². The zero-order valence-electron chi connectivity index (χ0n) is 17.5. The lowest BCUT2D eigenvalue weighted by molar-refractivity contribution is -0.135. The number of rotatable bonds is 15. The second-order valence-corrected chi connectivity index (χ2v) is 8.54. The predicted molar refractivity (Wildman–Crippen MR) is 116 cm³/mol. The summed E-state index contributed by atoms with van der Waals surface area (Å²) in [5.41, 5.74) is 1.63. The molecule has 0 fully saturated rings. The van der Waals surface area contributed by atoms with Gasteiger partial charge in [-0.3, -0.25) is 0 Å². The molecule has 1 N–H and O–H groups in total. The molecule has 0 aliphatic carbocycles. The number of thioether (sulfide) groups is 1. The summed E-state index contributed by atoms with van der Waals surface area (Å²) in [7, 11) is 1.58. The van der Waals surface area contributed by atoms with E-state index in [9.17, 15) is 13.2 Å². The molecule has 1 aromatic carbocycles. The predicted octanol–water partition coefficient (Wildman–Crippen LogP) is 7.61. The summed E-state index contributed by atoms with van der Waals surface area (Å²) in [6, 6.07) is 4.78. The maximum atomic E-state index is 13.0. The van der Waals surface area contributed by atoms with Gasteiger partial charge < -0.3 is 10.1 Å². The first kappa shape index (κ1) is 25.0. The highest BCUT2D eigenvalue weighted by molar-refractivity contribution is 7.99. The molecule has 0 aliphatic rings. The lowest BCUT2D eigenvalue weighted by Gasteiger charge is -2.22. The Hall–Kier alpha value is -1.04. The molecule has 1 unspecified atom stereocenters. The largest absolute Gasteiger partial charge is 0.497 e. The standard InChI is InChI=1S/C22H36F3NOS/c1-4-5-6-7-8-9-10-11-14-28-17-19(16-22(23,24)25)26-21-13-12-20(27-3)15-18(21)2/h12-13,15,19,26H,4-11,14,16-17H2,1-3H3. The van der Waals surface area contributed by atoms with E-state index in [1.165, 1.54) is 44.9 Å². The van der Waals surface area contributed by atoms with Crippen LogP contribution in [0.1, 0.15) is 70.3 Å². The summed E-state index contributed by atoms with van der Waals surface area (Å²) >= 11 is 1.62. The average Bonchev–Trinajstić information content (AvgIpc) is 2.63. The summed E-state index contributed by atoms with van der Waals surface area (Å²) < 4.78 is 44.0. The Kier molecular flexibility index (Phi) is 12.5. The summed E-state index contributed by atoms with van der Waals surface area (Å²) in [6.07, 6.45) is 4.99. The first-order chi connectivity index (χ1) is 13.4. The Labute approximate surface area is 173 Å². The first-order valence-electron chi connectivity index (χ1n) is 10.4. The highest BCUT2D eigenvalue weighted by Crippen LogP contribution is 2.28. The number of methoxy groups -OCH3 is 1. The molecule has 0 bridgehead atoms. The molecule has 28 heavy (non-hydrogen) atoms. The summed E-state index contributed by atoms with van der Waals surface area (Å²) in [6.45, 7) is 4.09. The van der Waals surface area contributed by atoms with Crippen molar-refractivity contribution in [3.63, 3.8) is 0 Å². The second-order valence-electron chi connectivity index (χ2n) is 7.39. The Balaban J connectivity index is 2.36. The van der Waals surface area contributed by atoms with Crippen molar-refractivity contribution >= 4 is 17.4 Å². The van der Waals surface area contributed by atoms with E-state index in [1.54, 1.807) is 31.0 Å². The number of anilines is 1. The zero-order valence-corrected chi connectivity index (χ0v) is 18.4. The van der Waals surface area contributed by atoms with Crippen LogP contribution in [0.25, 0.3) is 0 Å². The maximum Gasteiger partial charge on any atom is 0.391 e. The third kappa shape index (κ3) is 11.7. The summed E-state index contributed by atoms with van der Waals surface area (Å²) in [5.74, 6) is 2.09. The van der Waals surface area contributed by atoms with Crippen LogP contribution in [0.5, 0.6) is 5.75 Å². The van der Waals surface area contributed by atoms with E-state index in [-0.39, 0.29) is 0 Å². The van der Waals surface area contributed by atoms with Crippen LogP contribution in [0.3, 0.4) is 0 Å². The molecule has 6 heteroatoms. The van der Waals surface area contributed by atoms with Crippen molar-refractivity contribution in [1.82, 2.24) is 0 Å². The monoisotopic (exact) mass is 419 g/mol. The SMILES string of the molecule is CCCCCCCCCCSCC(CC(F)(F)F)Nc1ccc(OC)cc1C. The van der Waals surface area contributed by atoms with Gasteiger partial charge >= 0.3 is 6.18 Å².